The minimum atomic E-state index is -0.504. The Morgan fingerprint density at radius 2 is 2.24 bits per heavy atom. The van der Waals surface area contributed by atoms with Gasteiger partial charge in [0.25, 0.3) is 0 Å². The van der Waals surface area contributed by atoms with Crippen molar-refractivity contribution in [1.82, 2.24) is 14.5 Å². The Balaban J connectivity index is 1.94. The molecular weight excluding hydrogens is 278 g/mol. The highest BCUT2D eigenvalue weighted by Crippen LogP contribution is 2.24. The Hall–Kier alpha value is -2.32. The third-order valence-corrected chi connectivity index (χ3v) is 3.45. The second kappa shape index (κ2) is 6.42. The lowest BCUT2D eigenvalue weighted by molar-refractivity contribution is -0.388. The van der Waals surface area contributed by atoms with Crippen molar-refractivity contribution in [3.63, 3.8) is 0 Å². The number of carbonyl (C=O) groups is 1. The van der Waals surface area contributed by atoms with E-state index in [0.717, 1.165) is 0 Å². The van der Waals surface area contributed by atoms with Gasteiger partial charge in [0, 0.05) is 26.2 Å². The number of amides is 1. The number of piperidine rings is 1. The molecule has 1 aliphatic rings. The summed E-state index contributed by atoms with van der Waals surface area (Å²) in [5.74, 6) is 0.222. The van der Waals surface area contributed by atoms with Gasteiger partial charge >= 0.3 is 11.9 Å². The Morgan fingerprint density at radius 3 is 2.81 bits per heavy atom. The summed E-state index contributed by atoms with van der Waals surface area (Å²) in [6.45, 7) is 3.27. The molecule has 0 bridgehead atoms. The molecule has 0 aliphatic carbocycles. The van der Waals surface area contributed by atoms with Crippen LogP contribution in [0.3, 0.4) is 0 Å². The second-order valence-electron chi connectivity index (χ2n) is 4.89. The van der Waals surface area contributed by atoms with Crippen LogP contribution in [0.4, 0.5) is 16.4 Å². The van der Waals surface area contributed by atoms with Crippen LogP contribution < -0.4 is 5.32 Å². The molecule has 1 aromatic rings. The number of hydrogen-bond acceptors (Lipinski definition) is 6. The zero-order valence-corrected chi connectivity index (χ0v) is 12.1. The topological polar surface area (TPSA) is 103 Å². The summed E-state index contributed by atoms with van der Waals surface area (Å²) >= 11 is 0. The summed E-state index contributed by atoms with van der Waals surface area (Å²) < 4.78 is 6.55. The predicted octanol–water partition coefficient (Wildman–Crippen LogP) is 1.36. The second-order valence-corrected chi connectivity index (χ2v) is 4.89. The van der Waals surface area contributed by atoms with E-state index in [0.29, 0.717) is 38.4 Å². The van der Waals surface area contributed by atoms with Crippen LogP contribution in [0.5, 0.6) is 0 Å². The minimum Gasteiger partial charge on any atom is -0.450 e. The number of carbonyl (C=O) groups excluding carboxylic acids is 1. The van der Waals surface area contributed by atoms with E-state index in [1.54, 1.807) is 23.4 Å². The molecule has 1 fully saturated rings. The number of rotatable bonds is 4. The number of likely N-dealkylation sites (tertiary alicyclic amines) is 1. The van der Waals surface area contributed by atoms with Crippen molar-refractivity contribution in [3.05, 3.63) is 16.4 Å². The van der Waals surface area contributed by atoms with Crippen molar-refractivity contribution >= 4 is 17.7 Å². The number of ether oxygens (including phenoxy) is 1. The Bertz CT molecular complexity index is 522. The molecule has 9 nitrogen and oxygen atoms in total. The summed E-state index contributed by atoms with van der Waals surface area (Å²) in [6.07, 6.45) is 2.53. The first-order valence-electron chi connectivity index (χ1n) is 6.86. The SMILES string of the molecule is CCOC(=O)N1CCC(Nc2c([N+](=O)[O-])ncn2C)CC1. The molecule has 0 atom stereocenters. The van der Waals surface area contributed by atoms with E-state index in [1.807, 2.05) is 0 Å². The molecule has 1 saturated heterocycles. The van der Waals surface area contributed by atoms with Gasteiger partial charge in [0.2, 0.25) is 12.1 Å². The molecule has 1 N–H and O–H groups in total. The predicted molar refractivity (Wildman–Crippen MR) is 75.1 cm³/mol. The number of aryl methyl sites for hydroxylation is 1. The van der Waals surface area contributed by atoms with Crippen molar-refractivity contribution in [3.8, 4) is 0 Å². The lowest BCUT2D eigenvalue weighted by atomic mass is 10.1. The lowest BCUT2D eigenvalue weighted by Gasteiger charge is -2.31. The van der Waals surface area contributed by atoms with Crippen molar-refractivity contribution in [2.45, 2.75) is 25.8 Å². The number of anilines is 1. The van der Waals surface area contributed by atoms with Crippen LogP contribution in [0, 0.1) is 10.1 Å². The van der Waals surface area contributed by atoms with Crippen LogP contribution in [0.15, 0.2) is 6.33 Å². The maximum absolute atomic E-state index is 11.6. The first-order chi connectivity index (χ1) is 10.0. The summed E-state index contributed by atoms with van der Waals surface area (Å²) in [7, 11) is 1.70. The number of imidazole rings is 1. The van der Waals surface area contributed by atoms with Crippen LogP contribution in [-0.2, 0) is 11.8 Å². The van der Waals surface area contributed by atoms with E-state index in [4.69, 9.17) is 4.74 Å². The van der Waals surface area contributed by atoms with Crippen LogP contribution in [0.25, 0.3) is 0 Å². The van der Waals surface area contributed by atoms with Gasteiger partial charge in [-0.15, -0.1) is 0 Å². The third-order valence-electron chi connectivity index (χ3n) is 3.45. The average molecular weight is 297 g/mol. The Kier molecular flexibility index (Phi) is 4.61. The highest BCUT2D eigenvalue weighted by molar-refractivity contribution is 5.67. The van der Waals surface area contributed by atoms with Crippen LogP contribution in [0.1, 0.15) is 19.8 Å². The van der Waals surface area contributed by atoms with Crippen molar-refractivity contribution in [2.75, 3.05) is 25.0 Å². The molecule has 0 radical (unpaired) electrons. The van der Waals surface area contributed by atoms with Gasteiger partial charge in [0.1, 0.15) is 0 Å². The number of hydrogen-bond donors (Lipinski definition) is 1. The molecule has 1 aromatic heterocycles. The molecule has 1 amide bonds. The molecule has 0 saturated carbocycles. The van der Waals surface area contributed by atoms with Crippen molar-refractivity contribution in [1.29, 1.82) is 0 Å². The molecule has 116 valence electrons. The fourth-order valence-electron chi connectivity index (χ4n) is 2.33. The maximum atomic E-state index is 11.6. The molecule has 0 spiro atoms. The zero-order valence-electron chi connectivity index (χ0n) is 12.1. The molecule has 2 rings (SSSR count). The fourth-order valence-corrected chi connectivity index (χ4v) is 2.33. The first-order valence-corrected chi connectivity index (χ1v) is 6.86. The molecule has 21 heavy (non-hydrogen) atoms. The van der Waals surface area contributed by atoms with E-state index in [1.165, 1.54) is 6.33 Å². The van der Waals surface area contributed by atoms with Gasteiger partial charge in [0.15, 0.2) is 0 Å². The summed E-state index contributed by atoms with van der Waals surface area (Å²) in [5.41, 5.74) is 0. The molecule has 1 aliphatic heterocycles. The van der Waals surface area contributed by atoms with E-state index in [9.17, 15) is 14.9 Å². The standard InChI is InChI=1S/C12H19N5O4/c1-3-21-12(18)16-6-4-9(5-7-16)14-11-10(17(19)20)13-8-15(11)2/h8-9,14H,3-7H2,1-2H3. The highest BCUT2D eigenvalue weighted by Gasteiger charge is 2.27. The number of nitrogens with one attached hydrogen (secondary N) is 1. The Labute approximate surface area is 122 Å². The highest BCUT2D eigenvalue weighted by atomic mass is 16.6. The van der Waals surface area contributed by atoms with Gasteiger partial charge < -0.3 is 25.1 Å². The largest absolute Gasteiger partial charge is 0.450 e. The van der Waals surface area contributed by atoms with E-state index in [-0.39, 0.29) is 18.0 Å². The van der Waals surface area contributed by atoms with Gasteiger partial charge in [-0.05, 0) is 29.7 Å². The smallest absolute Gasteiger partial charge is 0.409 e. The van der Waals surface area contributed by atoms with Gasteiger partial charge in [-0.3, -0.25) is 4.57 Å². The van der Waals surface area contributed by atoms with Gasteiger partial charge in [-0.25, -0.2) is 4.79 Å². The minimum absolute atomic E-state index is 0.0739. The van der Waals surface area contributed by atoms with Gasteiger partial charge in [0.05, 0.1) is 6.61 Å². The molecule has 0 aromatic carbocycles. The molecular formula is C12H19N5O4. The monoisotopic (exact) mass is 297 g/mol. The zero-order chi connectivity index (χ0) is 15.4. The van der Waals surface area contributed by atoms with Crippen molar-refractivity contribution in [2.24, 2.45) is 7.05 Å². The van der Waals surface area contributed by atoms with Gasteiger partial charge in [-0.1, -0.05) is 0 Å². The fraction of sp³-hybridized carbons (Fsp3) is 0.667. The van der Waals surface area contributed by atoms with Crippen LogP contribution >= 0.6 is 0 Å². The van der Waals surface area contributed by atoms with Crippen molar-refractivity contribution < 1.29 is 14.5 Å². The molecule has 9 heteroatoms. The van der Waals surface area contributed by atoms with Crippen LogP contribution in [0.2, 0.25) is 0 Å². The number of aromatic nitrogens is 2. The Morgan fingerprint density at radius 1 is 1.57 bits per heavy atom. The summed E-state index contributed by atoms with van der Waals surface area (Å²) in [4.78, 5) is 27.4. The normalized spacial score (nSPS) is 15.8. The molecule has 0 unspecified atom stereocenters. The van der Waals surface area contributed by atoms with E-state index in [2.05, 4.69) is 10.3 Å². The average Bonchev–Trinajstić information content (AvgIpc) is 2.81. The summed E-state index contributed by atoms with van der Waals surface area (Å²) in [6, 6.07) is 0.0739. The van der Waals surface area contributed by atoms with E-state index < -0.39 is 4.92 Å². The molecule has 2 heterocycles. The third kappa shape index (κ3) is 3.41. The number of nitrogens with zero attached hydrogens (tertiary/aromatic N) is 4. The van der Waals surface area contributed by atoms with Gasteiger partial charge in [-0.2, -0.15) is 0 Å². The lowest BCUT2D eigenvalue weighted by Crippen LogP contribution is -2.42. The van der Waals surface area contributed by atoms with E-state index >= 15 is 0 Å². The maximum Gasteiger partial charge on any atom is 0.409 e. The summed E-state index contributed by atoms with van der Waals surface area (Å²) in [5, 5.41) is 14.1. The quantitative estimate of drug-likeness (QED) is 0.665. The first kappa shape index (κ1) is 15.1. The van der Waals surface area contributed by atoms with Crippen LogP contribution in [-0.4, -0.2) is 51.2 Å². The number of nitro groups is 1.